The Balaban J connectivity index is 1.36. The van der Waals surface area contributed by atoms with Crippen LogP contribution in [0.3, 0.4) is 0 Å². The van der Waals surface area contributed by atoms with Crippen molar-refractivity contribution in [3.05, 3.63) is 113 Å². The van der Waals surface area contributed by atoms with Crippen LogP contribution in [0.4, 0.5) is 0 Å². The van der Waals surface area contributed by atoms with Crippen LogP contribution >= 0.6 is 0 Å². The second-order valence-corrected chi connectivity index (χ2v) is 10.3. The van der Waals surface area contributed by atoms with Gasteiger partial charge in [0.2, 0.25) is 0 Å². The van der Waals surface area contributed by atoms with E-state index < -0.39 is 0 Å². The van der Waals surface area contributed by atoms with Crippen molar-refractivity contribution in [3.63, 3.8) is 0 Å². The van der Waals surface area contributed by atoms with Gasteiger partial charge in [0.25, 0.3) is 0 Å². The molecule has 39 heavy (non-hydrogen) atoms. The molecule has 200 valence electrons. The molecule has 1 unspecified atom stereocenters. The molecule has 3 aromatic carbocycles. The van der Waals surface area contributed by atoms with Gasteiger partial charge in [-0.1, -0.05) is 67.6 Å². The maximum atomic E-state index is 6.49. The van der Waals surface area contributed by atoms with E-state index in [4.69, 9.17) is 19.2 Å². The summed E-state index contributed by atoms with van der Waals surface area (Å²) < 4.78 is 20.9. The largest absolute Gasteiger partial charge is 0.489 e. The van der Waals surface area contributed by atoms with Gasteiger partial charge in [-0.05, 0) is 60.6 Å². The van der Waals surface area contributed by atoms with E-state index in [1.807, 2.05) is 24.3 Å². The fourth-order valence-electron chi connectivity index (χ4n) is 5.60. The molecule has 5 heteroatoms. The molecule has 4 aromatic rings. The minimum Gasteiger partial charge on any atom is -0.489 e. The maximum absolute atomic E-state index is 6.49. The predicted octanol–water partition coefficient (Wildman–Crippen LogP) is 6.51. The summed E-state index contributed by atoms with van der Waals surface area (Å²) in [5.41, 5.74) is 8.27. The van der Waals surface area contributed by atoms with Gasteiger partial charge in [0.05, 0.1) is 18.3 Å². The quantitative estimate of drug-likeness (QED) is 0.253. The van der Waals surface area contributed by atoms with Crippen molar-refractivity contribution < 1.29 is 14.2 Å². The monoisotopic (exact) mass is 520 g/mol. The first-order valence-electron chi connectivity index (χ1n) is 14.1. The van der Waals surface area contributed by atoms with Crippen molar-refractivity contribution >= 4 is 0 Å². The lowest BCUT2D eigenvalue weighted by atomic mass is 9.93. The standard InChI is InChI=1S/C34H36N2O3/c1-2-30-32(39-24-26-12-7-4-8-13-26)21-33(35-22-29-14-9-19-37-29)36-18-17-27-20-28(15-16-31(27)34(30)36)38-23-25-10-5-3-6-11-25/h3-8,10-13,15-16,20-21,29H,2,9,14,17-19,22-24H2,1H3. The number of benzene rings is 3. The SMILES string of the molecule is CCc1c(OCc2ccccc2)cc(=NCC2CCCO2)n2c1-c1ccc(OCc3ccccc3)cc1CC2. The lowest BCUT2D eigenvalue weighted by Crippen LogP contribution is -2.29. The first kappa shape index (κ1) is 25.4. The molecule has 6 rings (SSSR count). The summed E-state index contributed by atoms with van der Waals surface area (Å²) in [6, 6.07) is 29.3. The Labute approximate surface area is 230 Å². The van der Waals surface area contributed by atoms with E-state index in [9.17, 15) is 0 Å². The number of hydrogen-bond donors (Lipinski definition) is 0. The van der Waals surface area contributed by atoms with Crippen LogP contribution in [-0.4, -0.2) is 23.8 Å². The minimum atomic E-state index is 0.209. The second-order valence-electron chi connectivity index (χ2n) is 10.3. The molecule has 0 bridgehead atoms. The number of aryl methyl sites for hydroxylation is 1. The molecule has 0 N–H and O–H groups in total. The van der Waals surface area contributed by atoms with E-state index >= 15 is 0 Å². The van der Waals surface area contributed by atoms with Gasteiger partial charge < -0.3 is 18.8 Å². The molecule has 2 aliphatic heterocycles. The lowest BCUT2D eigenvalue weighted by Gasteiger charge is -2.27. The van der Waals surface area contributed by atoms with Crippen LogP contribution in [0, 0.1) is 0 Å². The zero-order chi connectivity index (χ0) is 26.4. The highest BCUT2D eigenvalue weighted by Crippen LogP contribution is 2.37. The molecule has 1 fully saturated rings. The fourth-order valence-corrected chi connectivity index (χ4v) is 5.60. The Bertz CT molecular complexity index is 1470. The van der Waals surface area contributed by atoms with Crippen molar-refractivity contribution in [1.29, 1.82) is 0 Å². The summed E-state index contributed by atoms with van der Waals surface area (Å²) in [6.07, 6.45) is 4.21. The zero-order valence-corrected chi connectivity index (χ0v) is 22.6. The van der Waals surface area contributed by atoms with E-state index in [0.29, 0.717) is 19.8 Å². The third kappa shape index (κ3) is 5.79. The van der Waals surface area contributed by atoms with E-state index in [0.717, 1.165) is 61.4 Å². The van der Waals surface area contributed by atoms with Gasteiger partial charge in [0.15, 0.2) is 0 Å². The smallest absolute Gasteiger partial charge is 0.131 e. The highest BCUT2D eigenvalue weighted by molar-refractivity contribution is 5.72. The van der Waals surface area contributed by atoms with Crippen LogP contribution in [0.15, 0.2) is 89.9 Å². The van der Waals surface area contributed by atoms with Crippen LogP contribution < -0.4 is 15.0 Å². The van der Waals surface area contributed by atoms with E-state index in [1.165, 1.54) is 27.9 Å². The number of hydrogen-bond acceptors (Lipinski definition) is 4. The van der Waals surface area contributed by atoms with Crippen LogP contribution in [0.5, 0.6) is 11.5 Å². The molecule has 1 atom stereocenters. The number of rotatable bonds is 9. The van der Waals surface area contributed by atoms with E-state index in [-0.39, 0.29) is 6.10 Å². The highest BCUT2D eigenvalue weighted by atomic mass is 16.5. The average Bonchev–Trinajstić information content (AvgIpc) is 3.52. The molecular formula is C34H36N2O3. The third-order valence-corrected chi connectivity index (χ3v) is 7.65. The van der Waals surface area contributed by atoms with Gasteiger partial charge >= 0.3 is 0 Å². The average molecular weight is 521 g/mol. The summed E-state index contributed by atoms with van der Waals surface area (Å²) in [4.78, 5) is 5.08. The van der Waals surface area contributed by atoms with Crippen molar-refractivity contribution in [2.45, 2.75) is 58.5 Å². The number of aromatic nitrogens is 1. The zero-order valence-electron chi connectivity index (χ0n) is 22.6. The molecule has 0 amide bonds. The number of ether oxygens (including phenoxy) is 3. The number of nitrogens with zero attached hydrogens (tertiary/aromatic N) is 2. The molecule has 0 saturated carbocycles. The fraction of sp³-hybridized carbons (Fsp3) is 0.324. The number of fused-ring (bicyclic) bond motifs is 3. The summed E-state index contributed by atoms with van der Waals surface area (Å²) in [7, 11) is 0. The van der Waals surface area contributed by atoms with E-state index in [1.54, 1.807) is 0 Å². The molecule has 2 aliphatic rings. The maximum Gasteiger partial charge on any atom is 0.131 e. The lowest BCUT2D eigenvalue weighted by molar-refractivity contribution is 0.117. The van der Waals surface area contributed by atoms with Gasteiger partial charge in [0.1, 0.15) is 30.2 Å². The van der Waals surface area contributed by atoms with Crippen molar-refractivity contribution in [1.82, 2.24) is 4.57 Å². The molecule has 0 aliphatic carbocycles. The third-order valence-electron chi connectivity index (χ3n) is 7.65. The second kappa shape index (κ2) is 11.9. The minimum absolute atomic E-state index is 0.209. The van der Waals surface area contributed by atoms with Gasteiger partial charge in [-0.15, -0.1) is 0 Å². The van der Waals surface area contributed by atoms with Crippen LogP contribution in [0.2, 0.25) is 0 Å². The first-order chi connectivity index (χ1) is 19.3. The molecule has 0 spiro atoms. The van der Waals surface area contributed by atoms with E-state index in [2.05, 4.69) is 72.2 Å². The topological polar surface area (TPSA) is 45.0 Å². The summed E-state index contributed by atoms with van der Waals surface area (Å²) in [5.74, 6) is 1.82. The summed E-state index contributed by atoms with van der Waals surface area (Å²) in [6.45, 7) is 5.70. The Morgan fingerprint density at radius 1 is 0.897 bits per heavy atom. The van der Waals surface area contributed by atoms with Crippen LogP contribution in [-0.2, 0) is 37.3 Å². The highest BCUT2D eigenvalue weighted by Gasteiger charge is 2.23. The van der Waals surface area contributed by atoms with Crippen molar-refractivity contribution in [2.75, 3.05) is 13.2 Å². The molecular weight excluding hydrogens is 484 g/mol. The predicted molar refractivity (Wildman–Crippen MR) is 154 cm³/mol. The molecule has 0 radical (unpaired) electrons. The van der Waals surface area contributed by atoms with Crippen molar-refractivity contribution in [2.24, 2.45) is 4.99 Å². The van der Waals surface area contributed by atoms with Crippen LogP contribution in [0.25, 0.3) is 11.3 Å². The Kier molecular flexibility index (Phi) is 7.78. The Morgan fingerprint density at radius 3 is 2.33 bits per heavy atom. The molecule has 3 heterocycles. The van der Waals surface area contributed by atoms with Gasteiger partial charge in [-0.2, -0.15) is 0 Å². The molecule has 1 aromatic heterocycles. The van der Waals surface area contributed by atoms with Gasteiger partial charge in [0, 0.05) is 30.3 Å². The van der Waals surface area contributed by atoms with Crippen LogP contribution in [0.1, 0.15) is 42.0 Å². The Hall–Kier alpha value is -3.83. The summed E-state index contributed by atoms with van der Waals surface area (Å²) in [5, 5.41) is 0. The molecule has 1 saturated heterocycles. The normalized spacial score (nSPS) is 16.5. The van der Waals surface area contributed by atoms with Gasteiger partial charge in [-0.3, -0.25) is 4.99 Å². The first-order valence-corrected chi connectivity index (χ1v) is 14.1. The molecule has 5 nitrogen and oxygen atoms in total. The van der Waals surface area contributed by atoms with Crippen molar-refractivity contribution in [3.8, 4) is 22.8 Å². The number of pyridine rings is 1. The van der Waals surface area contributed by atoms with Gasteiger partial charge in [-0.25, -0.2) is 0 Å². The summed E-state index contributed by atoms with van der Waals surface area (Å²) >= 11 is 0. The Morgan fingerprint density at radius 2 is 1.64 bits per heavy atom.